The molecule has 136 valence electrons. The maximum absolute atomic E-state index is 14.7. The third-order valence-electron chi connectivity index (χ3n) is 3.32. The summed E-state index contributed by atoms with van der Waals surface area (Å²) in [7, 11) is 2.87. The summed E-state index contributed by atoms with van der Waals surface area (Å²) in [5.74, 6) is -0.00398. The van der Waals surface area contributed by atoms with E-state index in [1.807, 2.05) is 6.92 Å². The average Bonchev–Trinajstić information content (AvgIpc) is 2.47. The number of ether oxygens (including phenoxy) is 3. The number of benzene rings is 1. The Morgan fingerprint density at radius 1 is 1.33 bits per heavy atom. The molecule has 1 aromatic carbocycles. The molecular formula is C17H25BrFNO4. The number of amides is 1. The first-order chi connectivity index (χ1) is 11.1. The van der Waals surface area contributed by atoms with Crippen molar-refractivity contribution >= 4 is 22.0 Å². The van der Waals surface area contributed by atoms with Gasteiger partial charge in [0, 0.05) is 11.6 Å². The molecule has 0 aliphatic heterocycles. The summed E-state index contributed by atoms with van der Waals surface area (Å²) in [6, 6.07) is 1.35. The Bertz CT molecular complexity index is 587. The molecule has 0 aliphatic carbocycles. The quantitative estimate of drug-likeness (QED) is 0.759. The van der Waals surface area contributed by atoms with Gasteiger partial charge in [0.25, 0.3) is 0 Å². The standard InChI is InChI=1S/C17H25BrFNO4/c1-7-10(20-16(21)24-17(2,3)4)8-11-13(22-5)9-12(18)15(23-6)14(11)19/h9-10H,7-8H2,1-6H3,(H,20,21). The highest BCUT2D eigenvalue weighted by molar-refractivity contribution is 9.10. The van der Waals surface area contributed by atoms with Gasteiger partial charge in [0.15, 0.2) is 11.6 Å². The van der Waals surface area contributed by atoms with Crippen molar-refractivity contribution in [1.82, 2.24) is 5.32 Å². The molecule has 0 radical (unpaired) electrons. The molecule has 1 rings (SSSR count). The molecule has 0 bridgehead atoms. The lowest BCUT2D eigenvalue weighted by molar-refractivity contribution is 0.0502. The fourth-order valence-electron chi connectivity index (χ4n) is 2.20. The Labute approximate surface area is 151 Å². The average molecular weight is 406 g/mol. The molecule has 5 nitrogen and oxygen atoms in total. The fraction of sp³-hybridized carbons (Fsp3) is 0.588. The zero-order valence-electron chi connectivity index (χ0n) is 15.0. The SMILES string of the molecule is CCC(Cc1c(OC)cc(Br)c(OC)c1F)NC(=O)OC(C)(C)C. The lowest BCUT2D eigenvalue weighted by atomic mass is 10.0. The van der Waals surface area contributed by atoms with Crippen LogP contribution in [0, 0.1) is 5.82 Å². The Kier molecular flexibility index (Phi) is 7.32. The number of nitrogens with one attached hydrogen (secondary N) is 1. The van der Waals surface area contributed by atoms with Gasteiger partial charge in [-0.1, -0.05) is 6.92 Å². The molecule has 1 aromatic rings. The molecule has 0 saturated heterocycles. The Hall–Kier alpha value is -1.50. The van der Waals surface area contributed by atoms with Gasteiger partial charge in [-0.25, -0.2) is 9.18 Å². The predicted octanol–water partition coefficient (Wildman–Crippen LogP) is 4.45. The summed E-state index contributed by atoms with van der Waals surface area (Å²) in [5.41, 5.74) is -0.243. The third kappa shape index (κ3) is 5.54. The maximum Gasteiger partial charge on any atom is 0.407 e. The number of alkyl carbamates (subject to hydrolysis) is 1. The number of carbonyl (C=O) groups excluding carboxylic acids is 1. The number of hydrogen-bond donors (Lipinski definition) is 1. The minimum absolute atomic E-state index is 0.109. The van der Waals surface area contributed by atoms with Crippen molar-refractivity contribution in [1.29, 1.82) is 0 Å². The van der Waals surface area contributed by atoms with Gasteiger partial charge in [0.1, 0.15) is 11.4 Å². The minimum Gasteiger partial charge on any atom is -0.496 e. The third-order valence-corrected chi connectivity index (χ3v) is 3.91. The molecule has 1 unspecified atom stereocenters. The van der Waals surface area contributed by atoms with Gasteiger partial charge in [-0.15, -0.1) is 0 Å². The second kappa shape index (κ2) is 8.55. The first kappa shape index (κ1) is 20.5. The zero-order valence-corrected chi connectivity index (χ0v) is 16.5. The van der Waals surface area contributed by atoms with Crippen molar-refractivity contribution in [2.75, 3.05) is 14.2 Å². The van der Waals surface area contributed by atoms with Crippen LogP contribution in [0.15, 0.2) is 10.5 Å². The summed E-state index contributed by atoms with van der Waals surface area (Å²) < 4.78 is 30.8. The summed E-state index contributed by atoms with van der Waals surface area (Å²) in [4.78, 5) is 11.9. The van der Waals surface area contributed by atoms with Gasteiger partial charge >= 0.3 is 6.09 Å². The normalized spacial score (nSPS) is 12.5. The Morgan fingerprint density at radius 3 is 2.42 bits per heavy atom. The van der Waals surface area contributed by atoms with E-state index in [0.717, 1.165) is 0 Å². The van der Waals surface area contributed by atoms with Crippen LogP contribution < -0.4 is 14.8 Å². The second-order valence-electron chi connectivity index (χ2n) is 6.34. The smallest absolute Gasteiger partial charge is 0.407 e. The van der Waals surface area contributed by atoms with Crippen LogP contribution >= 0.6 is 15.9 Å². The molecule has 1 atom stereocenters. The molecule has 24 heavy (non-hydrogen) atoms. The van der Waals surface area contributed by atoms with Gasteiger partial charge in [-0.3, -0.25) is 0 Å². The van der Waals surface area contributed by atoms with E-state index in [2.05, 4.69) is 21.2 Å². The van der Waals surface area contributed by atoms with E-state index in [1.165, 1.54) is 14.2 Å². The van der Waals surface area contributed by atoms with E-state index >= 15 is 0 Å². The fourth-order valence-corrected chi connectivity index (χ4v) is 2.74. The highest BCUT2D eigenvalue weighted by Gasteiger charge is 2.24. The second-order valence-corrected chi connectivity index (χ2v) is 7.20. The summed E-state index contributed by atoms with van der Waals surface area (Å²) in [6.45, 7) is 7.27. The van der Waals surface area contributed by atoms with Crippen molar-refractivity contribution in [2.24, 2.45) is 0 Å². The molecule has 0 saturated carbocycles. The lowest BCUT2D eigenvalue weighted by Crippen LogP contribution is -2.40. The molecule has 1 N–H and O–H groups in total. The first-order valence-electron chi connectivity index (χ1n) is 7.71. The van der Waals surface area contributed by atoms with Crippen LogP contribution in [0.25, 0.3) is 0 Å². The van der Waals surface area contributed by atoms with Gasteiger partial charge < -0.3 is 19.5 Å². The van der Waals surface area contributed by atoms with Crippen LogP contribution in [0.4, 0.5) is 9.18 Å². The largest absolute Gasteiger partial charge is 0.496 e. The Balaban J connectivity index is 3.02. The molecule has 0 spiro atoms. The van der Waals surface area contributed by atoms with Gasteiger partial charge in [-0.05, 0) is 55.6 Å². The number of rotatable bonds is 6. The highest BCUT2D eigenvalue weighted by Crippen LogP contribution is 2.37. The van der Waals surface area contributed by atoms with E-state index < -0.39 is 17.5 Å². The zero-order chi connectivity index (χ0) is 18.5. The van der Waals surface area contributed by atoms with Crippen molar-refractivity contribution in [3.63, 3.8) is 0 Å². The molecule has 0 fully saturated rings. The van der Waals surface area contributed by atoms with Crippen LogP contribution in [0.3, 0.4) is 0 Å². The van der Waals surface area contributed by atoms with Gasteiger partial charge in [0.2, 0.25) is 0 Å². The maximum atomic E-state index is 14.7. The molecular weight excluding hydrogens is 381 g/mol. The molecule has 7 heteroatoms. The molecule has 0 heterocycles. The van der Waals surface area contributed by atoms with Crippen LogP contribution in [0.5, 0.6) is 11.5 Å². The summed E-state index contributed by atoms with van der Waals surface area (Å²) >= 11 is 3.25. The monoisotopic (exact) mass is 405 g/mol. The van der Waals surface area contributed by atoms with Crippen molar-refractivity contribution in [3.05, 3.63) is 21.9 Å². The van der Waals surface area contributed by atoms with Crippen LogP contribution in [0.1, 0.15) is 39.7 Å². The van der Waals surface area contributed by atoms with E-state index in [-0.39, 0.29) is 18.2 Å². The predicted molar refractivity (Wildman–Crippen MR) is 94.4 cm³/mol. The van der Waals surface area contributed by atoms with Crippen molar-refractivity contribution in [3.8, 4) is 11.5 Å². The van der Waals surface area contributed by atoms with Gasteiger partial charge in [-0.2, -0.15) is 0 Å². The van der Waals surface area contributed by atoms with Crippen LogP contribution in [0.2, 0.25) is 0 Å². The highest BCUT2D eigenvalue weighted by atomic mass is 79.9. The number of carbonyl (C=O) groups is 1. The topological polar surface area (TPSA) is 56.8 Å². The number of hydrogen-bond acceptors (Lipinski definition) is 4. The first-order valence-corrected chi connectivity index (χ1v) is 8.50. The van der Waals surface area contributed by atoms with Crippen molar-refractivity contribution < 1.29 is 23.4 Å². The number of halogens is 2. The van der Waals surface area contributed by atoms with Crippen molar-refractivity contribution in [2.45, 2.75) is 52.2 Å². The molecule has 0 aliphatic rings. The molecule has 0 aromatic heterocycles. The minimum atomic E-state index is -0.591. The lowest BCUT2D eigenvalue weighted by Gasteiger charge is -2.24. The van der Waals surface area contributed by atoms with Crippen LogP contribution in [-0.4, -0.2) is 32.0 Å². The van der Waals surface area contributed by atoms with E-state index in [4.69, 9.17) is 14.2 Å². The summed E-state index contributed by atoms with van der Waals surface area (Å²) in [6.07, 6.45) is 0.340. The Morgan fingerprint density at radius 2 is 1.96 bits per heavy atom. The number of methoxy groups -OCH3 is 2. The van der Waals surface area contributed by atoms with Crippen LogP contribution in [-0.2, 0) is 11.2 Å². The van der Waals surface area contributed by atoms with E-state index in [1.54, 1.807) is 26.8 Å². The van der Waals surface area contributed by atoms with E-state index in [9.17, 15) is 9.18 Å². The van der Waals surface area contributed by atoms with E-state index in [0.29, 0.717) is 22.2 Å². The van der Waals surface area contributed by atoms with Gasteiger partial charge in [0.05, 0.1) is 18.7 Å². The molecule has 1 amide bonds. The summed E-state index contributed by atoms with van der Waals surface area (Å²) in [5, 5.41) is 2.77.